The van der Waals surface area contributed by atoms with Crippen molar-refractivity contribution >= 4 is 11.6 Å². The third kappa shape index (κ3) is 2.20. The van der Waals surface area contributed by atoms with Crippen molar-refractivity contribution in [1.82, 2.24) is 14.4 Å². The second kappa shape index (κ2) is 5.30. The standard InChI is InChI=1S/C17H14FN3O3/c18-12-4-2-1-3-10(12)14-8-21-15(19-14)11-7-9(16(22)23)5-6-13(11)20-17(21)24/h1-4,8-9H,5-7H2,(H,20,24)(H,22,23). The first-order valence-corrected chi connectivity index (χ1v) is 7.65. The van der Waals surface area contributed by atoms with Crippen LogP contribution in [0.2, 0.25) is 0 Å². The number of benzene rings is 1. The first-order valence-electron chi connectivity index (χ1n) is 7.65. The van der Waals surface area contributed by atoms with Gasteiger partial charge >= 0.3 is 11.7 Å². The molecule has 0 spiro atoms. The number of aliphatic carboxylic acids is 1. The van der Waals surface area contributed by atoms with E-state index in [2.05, 4.69) is 9.97 Å². The summed E-state index contributed by atoms with van der Waals surface area (Å²) in [7, 11) is 0. The van der Waals surface area contributed by atoms with Crippen molar-refractivity contribution in [2.45, 2.75) is 19.3 Å². The highest BCUT2D eigenvalue weighted by Gasteiger charge is 2.28. The van der Waals surface area contributed by atoms with Gasteiger partial charge in [-0.3, -0.25) is 9.20 Å². The molecule has 7 heteroatoms. The van der Waals surface area contributed by atoms with E-state index in [9.17, 15) is 19.1 Å². The van der Waals surface area contributed by atoms with Crippen LogP contribution < -0.4 is 5.69 Å². The molecule has 6 nitrogen and oxygen atoms in total. The van der Waals surface area contributed by atoms with Crippen LogP contribution in [0.5, 0.6) is 0 Å². The number of carbonyl (C=O) groups is 1. The fourth-order valence-electron chi connectivity index (χ4n) is 3.25. The predicted octanol–water partition coefficient (Wildman–Crippen LogP) is 2.02. The summed E-state index contributed by atoms with van der Waals surface area (Å²) < 4.78 is 15.3. The Morgan fingerprint density at radius 3 is 2.92 bits per heavy atom. The largest absolute Gasteiger partial charge is 0.481 e. The Balaban J connectivity index is 1.93. The van der Waals surface area contributed by atoms with Gasteiger partial charge in [-0.2, -0.15) is 0 Å². The molecule has 4 rings (SSSR count). The lowest BCUT2D eigenvalue weighted by Gasteiger charge is -2.21. The summed E-state index contributed by atoms with van der Waals surface area (Å²) in [6.07, 6.45) is 2.76. The number of hydrogen-bond donors (Lipinski definition) is 2. The van der Waals surface area contributed by atoms with Crippen LogP contribution >= 0.6 is 0 Å². The molecule has 0 amide bonds. The Hall–Kier alpha value is -2.96. The number of aromatic amines is 1. The van der Waals surface area contributed by atoms with Crippen LogP contribution in [0, 0.1) is 11.7 Å². The van der Waals surface area contributed by atoms with Crippen molar-refractivity contribution in [2.75, 3.05) is 0 Å². The first kappa shape index (κ1) is 14.6. The second-order valence-electron chi connectivity index (χ2n) is 5.96. The summed E-state index contributed by atoms with van der Waals surface area (Å²) in [5.41, 5.74) is 2.14. The zero-order valence-electron chi connectivity index (χ0n) is 12.6. The number of nitrogens with one attached hydrogen (secondary N) is 1. The van der Waals surface area contributed by atoms with Gasteiger partial charge in [-0.05, 0) is 31.4 Å². The molecule has 2 heterocycles. The van der Waals surface area contributed by atoms with Crippen molar-refractivity contribution in [3.05, 3.63) is 58.0 Å². The number of halogens is 1. The average Bonchev–Trinajstić information content (AvgIpc) is 3.01. The smallest absolute Gasteiger partial charge is 0.331 e. The van der Waals surface area contributed by atoms with E-state index in [1.165, 1.54) is 16.7 Å². The predicted molar refractivity (Wildman–Crippen MR) is 84.4 cm³/mol. The number of carboxylic acids is 1. The average molecular weight is 327 g/mol. The van der Waals surface area contributed by atoms with Gasteiger partial charge in [-0.1, -0.05) is 12.1 Å². The molecule has 0 saturated carbocycles. The number of imidazole rings is 1. The normalized spacial score (nSPS) is 17.0. The maximum Gasteiger partial charge on any atom is 0.331 e. The number of fused-ring (bicyclic) bond motifs is 3. The van der Waals surface area contributed by atoms with Gasteiger partial charge in [0.15, 0.2) is 0 Å². The van der Waals surface area contributed by atoms with Gasteiger partial charge in [0.25, 0.3) is 0 Å². The Morgan fingerprint density at radius 1 is 1.38 bits per heavy atom. The molecule has 24 heavy (non-hydrogen) atoms. The Morgan fingerprint density at radius 2 is 2.17 bits per heavy atom. The van der Waals surface area contributed by atoms with Gasteiger partial charge in [0.2, 0.25) is 0 Å². The third-order valence-corrected chi connectivity index (χ3v) is 4.51. The van der Waals surface area contributed by atoms with Gasteiger partial charge in [-0.15, -0.1) is 0 Å². The van der Waals surface area contributed by atoms with E-state index in [-0.39, 0.29) is 5.69 Å². The summed E-state index contributed by atoms with van der Waals surface area (Å²) >= 11 is 0. The minimum atomic E-state index is -0.856. The molecule has 1 unspecified atom stereocenters. The van der Waals surface area contributed by atoms with Gasteiger partial charge < -0.3 is 10.1 Å². The van der Waals surface area contributed by atoms with Crippen LogP contribution in [0.15, 0.2) is 35.3 Å². The van der Waals surface area contributed by atoms with E-state index in [0.717, 1.165) is 11.3 Å². The van der Waals surface area contributed by atoms with Crippen LogP contribution in [-0.4, -0.2) is 25.4 Å². The van der Waals surface area contributed by atoms with Crippen molar-refractivity contribution in [1.29, 1.82) is 0 Å². The van der Waals surface area contributed by atoms with Crippen LogP contribution in [0.3, 0.4) is 0 Å². The highest BCUT2D eigenvalue weighted by Crippen LogP contribution is 2.28. The third-order valence-electron chi connectivity index (χ3n) is 4.51. The topological polar surface area (TPSA) is 87.5 Å². The number of carboxylic acid groups (broad SMARTS) is 1. The van der Waals surface area contributed by atoms with Gasteiger partial charge in [0, 0.05) is 23.0 Å². The fraction of sp³-hybridized carbons (Fsp3) is 0.235. The van der Waals surface area contributed by atoms with Crippen molar-refractivity contribution < 1.29 is 14.3 Å². The van der Waals surface area contributed by atoms with Crippen molar-refractivity contribution in [3.8, 4) is 11.3 Å². The summed E-state index contributed by atoms with van der Waals surface area (Å²) in [4.78, 5) is 30.8. The first-order chi connectivity index (χ1) is 11.5. The molecule has 0 radical (unpaired) electrons. The minimum Gasteiger partial charge on any atom is -0.481 e. The molecule has 122 valence electrons. The molecule has 2 N–H and O–H groups in total. The highest BCUT2D eigenvalue weighted by molar-refractivity contribution is 5.72. The molecular weight excluding hydrogens is 313 g/mol. The zero-order valence-corrected chi connectivity index (χ0v) is 12.6. The zero-order chi connectivity index (χ0) is 16.8. The fourth-order valence-corrected chi connectivity index (χ4v) is 3.25. The maximum atomic E-state index is 14.0. The molecule has 1 atom stereocenters. The van der Waals surface area contributed by atoms with E-state index < -0.39 is 17.7 Å². The van der Waals surface area contributed by atoms with Gasteiger partial charge in [-0.25, -0.2) is 14.2 Å². The van der Waals surface area contributed by atoms with Gasteiger partial charge in [0.1, 0.15) is 11.5 Å². The lowest BCUT2D eigenvalue weighted by atomic mass is 9.87. The van der Waals surface area contributed by atoms with Crippen LogP contribution in [-0.2, 0) is 17.6 Å². The monoisotopic (exact) mass is 327 g/mol. The van der Waals surface area contributed by atoms with E-state index >= 15 is 0 Å². The number of rotatable bonds is 2. The summed E-state index contributed by atoms with van der Waals surface area (Å²) in [5.74, 6) is -1.78. The molecule has 0 bridgehead atoms. The van der Waals surface area contributed by atoms with Gasteiger partial charge in [0.05, 0.1) is 11.6 Å². The van der Waals surface area contributed by atoms with E-state index in [0.29, 0.717) is 36.2 Å². The van der Waals surface area contributed by atoms with Crippen LogP contribution in [0.4, 0.5) is 4.39 Å². The summed E-state index contributed by atoms with van der Waals surface area (Å²) in [6, 6.07) is 6.21. The maximum absolute atomic E-state index is 14.0. The number of aromatic nitrogens is 3. The van der Waals surface area contributed by atoms with Crippen LogP contribution in [0.1, 0.15) is 17.7 Å². The Kier molecular flexibility index (Phi) is 3.23. The molecule has 0 fully saturated rings. The quantitative estimate of drug-likeness (QED) is 0.754. The lowest BCUT2D eigenvalue weighted by molar-refractivity contribution is -0.142. The molecule has 2 aromatic heterocycles. The van der Waals surface area contributed by atoms with E-state index in [1.54, 1.807) is 18.2 Å². The Labute approximate surface area is 135 Å². The SMILES string of the molecule is O=C(O)C1CCc2[nH]c(=O)n3cc(-c4ccccc4F)nc3c2C1. The summed E-state index contributed by atoms with van der Waals surface area (Å²) in [6.45, 7) is 0. The van der Waals surface area contributed by atoms with Crippen LogP contribution in [0.25, 0.3) is 16.9 Å². The number of aryl methyl sites for hydroxylation is 1. The lowest BCUT2D eigenvalue weighted by Crippen LogP contribution is -2.28. The molecule has 3 aromatic rings. The van der Waals surface area contributed by atoms with E-state index in [4.69, 9.17) is 0 Å². The van der Waals surface area contributed by atoms with E-state index in [1.807, 2.05) is 0 Å². The molecular formula is C17H14FN3O3. The molecule has 1 aliphatic carbocycles. The number of H-pyrrole nitrogens is 1. The van der Waals surface area contributed by atoms with Crippen molar-refractivity contribution in [3.63, 3.8) is 0 Å². The molecule has 0 saturated heterocycles. The minimum absolute atomic E-state index is 0.304. The number of nitrogens with zero attached hydrogens (tertiary/aromatic N) is 2. The highest BCUT2D eigenvalue weighted by atomic mass is 19.1. The summed E-state index contributed by atoms with van der Waals surface area (Å²) in [5, 5.41) is 9.26. The molecule has 1 aromatic carbocycles. The van der Waals surface area contributed by atoms with Crippen molar-refractivity contribution in [2.24, 2.45) is 5.92 Å². The number of hydrogen-bond acceptors (Lipinski definition) is 3. The second-order valence-corrected chi connectivity index (χ2v) is 5.96. The molecule has 0 aliphatic heterocycles. The molecule has 1 aliphatic rings. The Bertz CT molecular complexity index is 1020.